The fraction of sp³-hybridized carbons (Fsp3) is 0.125. The van der Waals surface area contributed by atoms with Crippen LogP contribution in [-0.2, 0) is 13.1 Å². The molecule has 3 rings (SSSR count). The molecule has 0 atom stereocenters. The van der Waals surface area contributed by atoms with Crippen LogP contribution in [0.3, 0.4) is 0 Å². The number of benzene rings is 1. The maximum Gasteiger partial charge on any atom is 0.254 e. The molecule has 6 heteroatoms. The number of hydrogen-bond donors (Lipinski definition) is 1. The van der Waals surface area contributed by atoms with Crippen molar-refractivity contribution in [1.29, 1.82) is 0 Å². The van der Waals surface area contributed by atoms with E-state index in [4.69, 9.17) is 11.6 Å². The first-order valence-electron chi connectivity index (χ1n) is 6.79. The van der Waals surface area contributed by atoms with Crippen LogP contribution < -0.4 is 5.32 Å². The van der Waals surface area contributed by atoms with Crippen LogP contribution >= 0.6 is 22.9 Å². The van der Waals surface area contributed by atoms with Crippen molar-refractivity contribution in [3.8, 4) is 0 Å². The SMILES string of the molecule is O=C(NCc1cccs1)c1cnn(Cc2ccccc2Cl)c1. The highest BCUT2D eigenvalue weighted by Crippen LogP contribution is 2.16. The minimum absolute atomic E-state index is 0.126. The van der Waals surface area contributed by atoms with Crippen molar-refractivity contribution in [3.05, 3.63) is 75.2 Å². The molecule has 22 heavy (non-hydrogen) atoms. The largest absolute Gasteiger partial charge is 0.347 e. The standard InChI is InChI=1S/C16H14ClN3OS/c17-15-6-2-1-4-12(15)10-20-11-13(8-19-20)16(21)18-9-14-5-3-7-22-14/h1-8,11H,9-10H2,(H,18,21). The zero-order valence-corrected chi connectivity index (χ0v) is 13.3. The summed E-state index contributed by atoms with van der Waals surface area (Å²) in [5, 5.41) is 9.79. The highest BCUT2D eigenvalue weighted by atomic mass is 35.5. The van der Waals surface area contributed by atoms with E-state index >= 15 is 0 Å². The summed E-state index contributed by atoms with van der Waals surface area (Å²) in [6, 6.07) is 11.6. The Morgan fingerprint density at radius 1 is 1.27 bits per heavy atom. The molecule has 0 radical (unpaired) electrons. The Labute approximate surface area is 137 Å². The van der Waals surface area contributed by atoms with Crippen LogP contribution in [0, 0.1) is 0 Å². The average molecular weight is 332 g/mol. The van der Waals surface area contributed by atoms with Crippen LogP contribution in [0.5, 0.6) is 0 Å². The zero-order valence-electron chi connectivity index (χ0n) is 11.7. The normalized spacial score (nSPS) is 10.6. The lowest BCUT2D eigenvalue weighted by Crippen LogP contribution is -2.21. The van der Waals surface area contributed by atoms with Crippen LogP contribution in [0.1, 0.15) is 20.8 Å². The Morgan fingerprint density at radius 2 is 2.14 bits per heavy atom. The van der Waals surface area contributed by atoms with Gasteiger partial charge in [0.2, 0.25) is 0 Å². The zero-order chi connectivity index (χ0) is 15.4. The van der Waals surface area contributed by atoms with Crippen LogP contribution in [0.25, 0.3) is 0 Å². The first-order chi connectivity index (χ1) is 10.7. The highest BCUT2D eigenvalue weighted by Gasteiger charge is 2.09. The topological polar surface area (TPSA) is 46.9 Å². The van der Waals surface area contributed by atoms with E-state index in [1.807, 2.05) is 41.8 Å². The number of thiophene rings is 1. The van der Waals surface area contributed by atoms with Crippen LogP contribution in [0.15, 0.2) is 54.2 Å². The number of rotatable bonds is 5. The van der Waals surface area contributed by atoms with E-state index in [1.54, 1.807) is 28.4 Å². The van der Waals surface area contributed by atoms with Crippen molar-refractivity contribution in [3.63, 3.8) is 0 Å². The molecule has 3 aromatic rings. The van der Waals surface area contributed by atoms with Gasteiger partial charge in [0.05, 0.1) is 24.8 Å². The number of halogens is 1. The third-order valence-electron chi connectivity index (χ3n) is 3.19. The molecule has 0 aliphatic carbocycles. The quantitative estimate of drug-likeness (QED) is 0.776. The molecular weight excluding hydrogens is 318 g/mol. The summed E-state index contributed by atoms with van der Waals surface area (Å²) in [4.78, 5) is 13.2. The van der Waals surface area contributed by atoms with E-state index in [2.05, 4.69) is 10.4 Å². The molecule has 112 valence electrons. The predicted molar refractivity (Wildman–Crippen MR) is 88.3 cm³/mol. The predicted octanol–water partition coefficient (Wildman–Crippen LogP) is 3.58. The number of carbonyl (C=O) groups is 1. The summed E-state index contributed by atoms with van der Waals surface area (Å²) in [6.45, 7) is 1.07. The second-order valence-corrected chi connectivity index (χ2v) is 6.22. The Kier molecular flexibility index (Phi) is 4.56. The Balaban J connectivity index is 1.63. The third kappa shape index (κ3) is 3.55. The number of amides is 1. The molecule has 1 amide bonds. The highest BCUT2D eigenvalue weighted by molar-refractivity contribution is 7.09. The summed E-state index contributed by atoms with van der Waals surface area (Å²) in [7, 11) is 0. The molecule has 2 heterocycles. The van der Waals surface area contributed by atoms with Crippen LogP contribution in [-0.4, -0.2) is 15.7 Å². The van der Waals surface area contributed by atoms with E-state index < -0.39 is 0 Å². The van der Waals surface area contributed by atoms with Crippen molar-refractivity contribution < 1.29 is 4.79 Å². The number of carbonyl (C=O) groups excluding carboxylic acids is 1. The van der Waals surface area contributed by atoms with Gasteiger partial charge in [0.15, 0.2) is 0 Å². The van der Waals surface area contributed by atoms with Crippen LogP contribution in [0.4, 0.5) is 0 Å². The molecule has 0 aliphatic heterocycles. The summed E-state index contributed by atoms with van der Waals surface area (Å²) in [5.41, 5.74) is 1.52. The molecule has 0 saturated heterocycles. The average Bonchev–Trinajstić information content (AvgIpc) is 3.19. The lowest BCUT2D eigenvalue weighted by Gasteiger charge is -2.04. The maximum absolute atomic E-state index is 12.1. The van der Waals surface area contributed by atoms with Crippen molar-refractivity contribution in [1.82, 2.24) is 15.1 Å². The van der Waals surface area contributed by atoms with E-state index in [-0.39, 0.29) is 5.91 Å². The van der Waals surface area contributed by atoms with Crippen molar-refractivity contribution in [2.45, 2.75) is 13.1 Å². The summed E-state index contributed by atoms with van der Waals surface area (Å²) in [5.74, 6) is -0.126. The summed E-state index contributed by atoms with van der Waals surface area (Å²) >= 11 is 7.75. The van der Waals surface area contributed by atoms with E-state index in [0.717, 1.165) is 10.4 Å². The molecule has 0 unspecified atom stereocenters. The minimum Gasteiger partial charge on any atom is -0.347 e. The maximum atomic E-state index is 12.1. The van der Waals surface area contributed by atoms with E-state index in [9.17, 15) is 4.79 Å². The third-order valence-corrected chi connectivity index (χ3v) is 4.43. The summed E-state index contributed by atoms with van der Waals surface area (Å²) < 4.78 is 1.71. The number of aromatic nitrogens is 2. The lowest BCUT2D eigenvalue weighted by molar-refractivity contribution is 0.0951. The van der Waals surface area contributed by atoms with E-state index in [0.29, 0.717) is 23.7 Å². The Bertz CT molecular complexity index is 767. The fourth-order valence-corrected chi connectivity index (χ4v) is 2.89. The van der Waals surface area contributed by atoms with Gasteiger partial charge < -0.3 is 5.32 Å². The molecule has 0 saturated carbocycles. The molecule has 0 fully saturated rings. The van der Waals surface area contributed by atoms with Gasteiger partial charge in [-0.3, -0.25) is 9.48 Å². The van der Waals surface area contributed by atoms with Crippen molar-refractivity contribution in [2.75, 3.05) is 0 Å². The van der Waals surface area contributed by atoms with Crippen molar-refractivity contribution in [2.24, 2.45) is 0 Å². The molecule has 4 nitrogen and oxygen atoms in total. The number of nitrogens with one attached hydrogen (secondary N) is 1. The van der Waals surface area contributed by atoms with E-state index in [1.165, 1.54) is 0 Å². The molecular formula is C16H14ClN3OS. The fourth-order valence-electron chi connectivity index (χ4n) is 2.05. The van der Waals surface area contributed by atoms with Gasteiger partial charge in [-0.05, 0) is 23.1 Å². The number of hydrogen-bond acceptors (Lipinski definition) is 3. The van der Waals surface area contributed by atoms with Gasteiger partial charge in [-0.1, -0.05) is 35.9 Å². The Morgan fingerprint density at radius 3 is 2.91 bits per heavy atom. The van der Waals surface area contributed by atoms with Gasteiger partial charge >= 0.3 is 0 Å². The minimum atomic E-state index is -0.126. The molecule has 2 aromatic heterocycles. The van der Waals surface area contributed by atoms with Gasteiger partial charge in [0, 0.05) is 16.1 Å². The van der Waals surface area contributed by atoms with Crippen molar-refractivity contribution >= 4 is 28.8 Å². The first kappa shape index (κ1) is 14.8. The smallest absolute Gasteiger partial charge is 0.254 e. The number of nitrogens with zero attached hydrogens (tertiary/aromatic N) is 2. The van der Waals surface area contributed by atoms with Gasteiger partial charge in [-0.25, -0.2) is 0 Å². The van der Waals surface area contributed by atoms with Crippen LogP contribution in [0.2, 0.25) is 5.02 Å². The Hall–Kier alpha value is -2.11. The monoisotopic (exact) mass is 331 g/mol. The molecule has 1 aromatic carbocycles. The van der Waals surface area contributed by atoms with Gasteiger partial charge in [-0.15, -0.1) is 11.3 Å². The first-order valence-corrected chi connectivity index (χ1v) is 8.04. The lowest BCUT2D eigenvalue weighted by atomic mass is 10.2. The molecule has 0 spiro atoms. The molecule has 0 bridgehead atoms. The summed E-state index contributed by atoms with van der Waals surface area (Å²) in [6.07, 6.45) is 3.30. The molecule has 0 aliphatic rings. The van der Waals surface area contributed by atoms with Gasteiger partial charge in [0.1, 0.15) is 0 Å². The van der Waals surface area contributed by atoms with Gasteiger partial charge in [-0.2, -0.15) is 5.10 Å². The van der Waals surface area contributed by atoms with Gasteiger partial charge in [0.25, 0.3) is 5.91 Å². The molecule has 1 N–H and O–H groups in total. The second-order valence-electron chi connectivity index (χ2n) is 4.78. The second kappa shape index (κ2) is 6.77.